The Hall–Kier alpha value is -1.54. The summed E-state index contributed by atoms with van der Waals surface area (Å²) in [6.45, 7) is 3.30. The van der Waals surface area contributed by atoms with E-state index >= 15 is 0 Å². The maximum Gasteiger partial charge on any atom is 0.335 e. The largest absolute Gasteiger partial charge is 0.478 e. The van der Waals surface area contributed by atoms with Crippen molar-refractivity contribution < 1.29 is 14.7 Å². The van der Waals surface area contributed by atoms with E-state index in [4.69, 9.17) is 52.1 Å². The molecule has 10 heteroatoms. The molecule has 0 saturated carbocycles. The van der Waals surface area contributed by atoms with E-state index in [1.54, 1.807) is 12.1 Å². The molecule has 23 heavy (non-hydrogen) atoms. The highest BCUT2D eigenvalue weighted by atomic mass is 35.6. The van der Waals surface area contributed by atoms with Gasteiger partial charge in [-0.2, -0.15) is 0 Å². The van der Waals surface area contributed by atoms with Crippen LogP contribution in [0.5, 0.6) is 0 Å². The molecule has 1 amide bonds. The van der Waals surface area contributed by atoms with E-state index in [-0.39, 0.29) is 10.7 Å². The van der Waals surface area contributed by atoms with Crippen LogP contribution in [0.4, 0.5) is 5.69 Å². The number of carboxylic acids is 1. The van der Waals surface area contributed by atoms with Gasteiger partial charge in [-0.1, -0.05) is 47.4 Å². The number of halogens is 3. The van der Waals surface area contributed by atoms with E-state index in [1.165, 1.54) is 12.1 Å². The molecule has 1 atom stereocenters. The number of nitrogens with one attached hydrogen (secondary N) is 3. The third-order valence-electron chi connectivity index (χ3n) is 2.44. The Labute approximate surface area is 152 Å². The number of anilines is 1. The first kappa shape index (κ1) is 19.5. The number of aromatic carboxylic acids is 1. The van der Waals surface area contributed by atoms with Crippen molar-refractivity contribution in [3.63, 3.8) is 0 Å². The zero-order valence-corrected chi connectivity index (χ0v) is 14.6. The first-order valence-corrected chi connectivity index (χ1v) is 7.58. The molecule has 1 rings (SSSR count). The molecule has 1 aromatic rings. The fraction of sp³-hybridized carbons (Fsp3) is 0.154. The van der Waals surface area contributed by atoms with Crippen molar-refractivity contribution in [3.05, 3.63) is 42.5 Å². The second-order valence-electron chi connectivity index (χ2n) is 4.17. The minimum absolute atomic E-state index is 0.0215. The average molecular weight is 397 g/mol. The number of benzene rings is 1. The maximum absolute atomic E-state index is 11.4. The van der Waals surface area contributed by atoms with Crippen LogP contribution in [-0.2, 0) is 4.79 Å². The molecule has 0 unspecified atom stereocenters. The van der Waals surface area contributed by atoms with Crippen LogP contribution in [-0.4, -0.2) is 32.1 Å². The van der Waals surface area contributed by atoms with Gasteiger partial charge in [-0.15, -0.1) is 0 Å². The molecule has 0 heterocycles. The first-order valence-electron chi connectivity index (χ1n) is 6.04. The van der Waals surface area contributed by atoms with Crippen molar-refractivity contribution in [2.45, 2.75) is 9.96 Å². The Morgan fingerprint density at radius 1 is 1.30 bits per heavy atom. The summed E-state index contributed by atoms with van der Waals surface area (Å²) in [6.07, 6.45) is -0.113. The lowest BCUT2D eigenvalue weighted by Gasteiger charge is -2.27. The maximum atomic E-state index is 11.4. The van der Waals surface area contributed by atoms with E-state index in [0.29, 0.717) is 5.69 Å². The highest BCUT2D eigenvalue weighted by Crippen LogP contribution is 2.29. The number of carboxylic acid groups (broad SMARTS) is 1. The van der Waals surface area contributed by atoms with E-state index < -0.39 is 21.8 Å². The lowest BCUT2D eigenvalue weighted by atomic mass is 10.2. The summed E-state index contributed by atoms with van der Waals surface area (Å²) >= 11 is 22.4. The van der Waals surface area contributed by atoms with Gasteiger partial charge in [-0.3, -0.25) is 4.79 Å². The van der Waals surface area contributed by atoms with Crippen molar-refractivity contribution in [2.24, 2.45) is 0 Å². The first-order chi connectivity index (χ1) is 10.6. The lowest BCUT2D eigenvalue weighted by Crippen LogP contribution is -2.55. The molecule has 0 aliphatic carbocycles. The van der Waals surface area contributed by atoms with Crippen molar-refractivity contribution in [1.82, 2.24) is 10.6 Å². The van der Waals surface area contributed by atoms with Gasteiger partial charge in [-0.25, -0.2) is 4.79 Å². The van der Waals surface area contributed by atoms with Crippen LogP contribution in [0.25, 0.3) is 0 Å². The molecule has 0 saturated heterocycles. The third-order valence-corrected chi connectivity index (χ3v) is 3.32. The Kier molecular flexibility index (Phi) is 7.08. The lowest BCUT2D eigenvalue weighted by molar-refractivity contribution is -0.117. The summed E-state index contributed by atoms with van der Waals surface area (Å²) in [5.41, 5.74) is 0.496. The van der Waals surface area contributed by atoms with Crippen LogP contribution in [0.3, 0.4) is 0 Å². The van der Waals surface area contributed by atoms with Crippen LogP contribution in [0.1, 0.15) is 10.4 Å². The van der Waals surface area contributed by atoms with Gasteiger partial charge in [0.2, 0.25) is 9.70 Å². The summed E-state index contributed by atoms with van der Waals surface area (Å²) in [5.74, 6) is -1.64. The van der Waals surface area contributed by atoms with Crippen LogP contribution in [0.15, 0.2) is 36.9 Å². The van der Waals surface area contributed by atoms with Crippen LogP contribution < -0.4 is 16.0 Å². The summed E-state index contributed by atoms with van der Waals surface area (Å²) in [4.78, 5) is 22.3. The molecule has 0 aliphatic rings. The van der Waals surface area contributed by atoms with E-state index in [0.717, 1.165) is 6.08 Å². The van der Waals surface area contributed by atoms with Crippen molar-refractivity contribution >= 4 is 69.7 Å². The molecule has 4 N–H and O–H groups in total. The number of carbonyl (C=O) groups is 2. The number of alkyl halides is 3. The molecule has 0 fully saturated rings. The zero-order valence-electron chi connectivity index (χ0n) is 11.5. The monoisotopic (exact) mass is 395 g/mol. The molecular weight excluding hydrogens is 385 g/mol. The van der Waals surface area contributed by atoms with Gasteiger partial charge in [0.05, 0.1) is 5.56 Å². The quantitative estimate of drug-likeness (QED) is 0.265. The molecule has 6 nitrogen and oxygen atoms in total. The Balaban J connectivity index is 2.79. The summed E-state index contributed by atoms with van der Waals surface area (Å²) in [6, 6.07) is 5.95. The third kappa shape index (κ3) is 6.62. The Morgan fingerprint density at radius 2 is 1.96 bits per heavy atom. The molecule has 1 aromatic carbocycles. The molecule has 0 aromatic heterocycles. The van der Waals surface area contributed by atoms with Crippen molar-refractivity contribution in [3.8, 4) is 0 Å². The highest BCUT2D eigenvalue weighted by Gasteiger charge is 2.34. The van der Waals surface area contributed by atoms with E-state index in [1.807, 2.05) is 0 Å². The van der Waals surface area contributed by atoms with Gasteiger partial charge in [0.1, 0.15) is 6.17 Å². The van der Waals surface area contributed by atoms with Gasteiger partial charge in [-0.05, 0) is 36.5 Å². The second-order valence-corrected chi connectivity index (χ2v) is 6.95. The fourth-order valence-corrected chi connectivity index (χ4v) is 1.99. The molecule has 0 radical (unpaired) electrons. The summed E-state index contributed by atoms with van der Waals surface area (Å²) in [5, 5.41) is 16.7. The van der Waals surface area contributed by atoms with E-state index in [2.05, 4.69) is 22.5 Å². The van der Waals surface area contributed by atoms with Gasteiger partial charge >= 0.3 is 5.97 Å². The minimum Gasteiger partial charge on any atom is -0.478 e. The topological polar surface area (TPSA) is 90.5 Å². The van der Waals surface area contributed by atoms with Crippen LogP contribution in [0.2, 0.25) is 0 Å². The van der Waals surface area contributed by atoms with Gasteiger partial charge in [0.25, 0.3) is 0 Å². The van der Waals surface area contributed by atoms with Crippen molar-refractivity contribution in [1.29, 1.82) is 0 Å². The average Bonchev–Trinajstić information content (AvgIpc) is 2.45. The SMILES string of the molecule is C=CC(=O)N[C@H](NC(=S)Nc1cccc(C(=O)O)c1)C(Cl)(Cl)Cl. The normalized spacial score (nSPS) is 12.0. The van der Waals surface area contributed by atoms with Crippen LogP contribution in [0, 0.1) is 0 Å². The fourth-order valence-electron chi connectivity index (χ4n) is 1.43. The second kappa shape index (κ2) is 8.35. The van der Waals surface area contributed by atoms with Crippen molar-refractivity contribution in [2.75, 3.05) is 5.32 Å². The number of hydrogen-bond acceptors (Lipinski definition) is 3. The Morgan fingerprint density at radius 3 is 2.48 bits per heavy atom. The predicted octanol–water partition coefficient (Wildman–Crippen LogP) is 2.67. The number of rotatable bonds is 5. The van der Waals surface area contributed by atoms with Gasteiger partial charge in [0.15, 0.2) is 5.11 Å². The van der Waals surface area contributed by atoms with Gasteiger partial charge in [0, 0.05) is 5.69 Å². The standard InChI is InChI=1S/C13H12Cl3N3O3S/c1-2-9(20)18-11(13(14,15)16)19-12(23)17-8-5-3-4-7(6-8)10(21)22/h2-6,11H,1H2,(H,18,20)(H,21,22)(H2,17,19,23)/t11-/m1/s1. The number of amides is 1. The Bertz CT molecular complexity index is 634. The molecule has 124 valence electrons. The number of thiocarbonyl (C=S) groups is 1. The molecule has 0 spiro atoms. The summed E-state index contributed by atoms with van der Waals surface area (Å²) < 4.78 is -1.88. The smallest absolute Gasteiger partial charge is 0.335 e. The highest BCUT2D eigenvalue weighted by molar-refractivity contribution is 7.80. The molecule has 0 aliphatic heterocycles. The van der Waals surface area contributed by atoms with Gasteiger partial charge < -0.3 is 21.1 Å². The number of carbonyl (C=O) groups excluding carboxylic acids is 1. The predicted molar refractivity (Wildman–Crippen MR) is 95.2 cm³/mol. The van der Waals surface area contributed by atoms with Crippen LogP contribution >= 0.6 is 47.0 Å². The van der Waals surface area contributed by atoms with E-state index in [9.17, 15) is 9.59 Å². The minimum atomic E-state index is -1.88. The summed E-state index contributed by atoms with van der Waals surface area (Å²) in [7, 11) is 0. The zero-order chi connectivity index (χ0) is 17.6. The molecular formula is C13H12Cl3N3O3S. The number of hydrogen-bond donors (Lipinski definition) is 4. The molecule has 0 bridgehead atoms.